The minimum atomic E-state index is -0.308. The Morgan fingerprint density at radius 3 is 2.44 bits per heavy atom. The second-order valence-corrected chi connectivity index (χ2v) is 3.50. The summed E-state index contributed by atoms with van der Waals surface area (Å²) in [6.07, 6.45) is 0.131. The number of anilines is 1. The van der Waals surface area contributed by atoms with Crippen LogP contribution in [0.25, 0.3) is 0 Å². The molecule has 0 spiro atoms. The highest BCUT2D eigenvalue weighted by Gasteiger charge is 1.95. The van der Waals surface area contributed by atoms with Crippen molar-refractivity contribution in [2.24, 2.45) is 0 Å². The first-order valence-electron chi connectivity index (χ1n) is 4.96. The van der Waals surface area contributed by atoms with Gasteiger partial charge in [0.1, 0.15) is 6.42 Å². The third kappa shape index (κ3) is 3.66. The number of rotatable bonds is 2. The Hall–Kier alpha value is -1.95. The lowest BCUT2D eigenvalue weighted by Crippen LogP contribution is -2.07. The van der Waals surface area contributed by atoms with E-state index in [9.17, 15) is 4.79 Å². The van der Waals surface area contributed by atoms with E-state index in [4.69, 9.17) is 0 Å². The lowest BCUT2D eigenvalue weighted by Gasteiger charge is -2.11. The zero-order valence-corrected chi connectivity index (χ0v) is 9.78. The van der Waals surface area contributed by atoms with Crippen molar-refractivity contribution < 1.29 is 9.53 Å². The van der Waals surface area contributed by atoms with Crippen molar-refractivity contribution in [2.45, 2.75) is 6.42 Å². The van der Waals surface area contributed by atoms with E-state index in [0.29, 0.717) is 0 Å². The predicted octanol–water partition coefficient (Wildman–Crippen LogP) is 1.67. The Balaban J connectivity index is 2.65. The van der Waals surface area contributed by atoms with E-state index < -0.39 is 0 Å². The Morgan fingerprint density at radius 2 is 1.94 bits per heavy atom. The summed E-state index contributed by atoms with van der Waals surface area (Å²) < 4.78 is 4.49. The van der Waals surface area contributed by atoms with E-state index >= 15 is 0 Å². The largest absolute Gasteiger partial charge is 0.468 e. The summed E-state index contributed by atoms with van der Waals surface area (Å²) in [6.45, 7) is 0. The second-order valence-electron chi connectivity index (χ2n) is 3.50. The molecule has 1 aromatic rings. The van der Waals surface area contributed by atoms with Gasteiger partial charge in [-0.15, -0.1) is 0 Å². The lowest BCUT2D eigenvalue weighted by atomic mass is 10.2. The molecule has 84 valence electrons. The van der Waals surface area contributed by atoms with Gasteiger partial charge in [0.05, 0.1) is 7.11 Å². The average molecular weight is 217 g/mol. The molecule has 1 rings (SSSR count). The van der Waals surface area contributed by atoms with E-state index in [1.54, 1.807) is 0 Å². The first kappa shape index (κ1) is 12.1. The van der Waals surface area contributed by atoms with Crippen LogP contribution in [0.1, 0.15) is 12.0 Å². The Bertz CT molecular complexity index is 410. The standard InChI is InChI=1S/C13H15NO2/c1-14(2)12-9-7-11(8-10-12)5-4-6-13(15)16-3/h7-10H,6H2,1-3H3. The summed E-state index contributed by atoms with van der Waals surface area (Å²) in [5.74, 6) is 5.36. The molecule has 0 aliphatic heterocycles. The average Bonchev–Trinajstić information content (AvgIpc) is 2.29. The maximum Gasteiger partial charge on any atom is 0.317 e. The van der Waals surface area contributed by atoms with Gasteiger partial charge in [-0.05, 0) is 24.3 Å². The fraction of sp³-hybridized carbons (Fsp3) is 0.308. The number of esters is 1. The molecule has 0 saturated carbocycles. The van der Waals surface area contributed by atoms with Crippen LogP contribution in [0.4, 0.5) is 5.69 Å². The molecule has 3 nitrogen and oxygen atoms in total. The van der Waals surface area contributed by atoms with Crippen LogP contribution in [-0.2, 0) is 9.53 Å². The van der Waals surface area contributed by atoms with Gasteiger partial charge < -0.3 is 9.64 Å². The molecule has 0 bridgehead atoms. The quantitative estimate of drug-likeness (QED) is 0.557. The molecule has 0 radical (unpaired) electrons. The van der Waals surface area contributed by atoms with Crippen LogP contribution in [0.2, 0.25) is 0 Å². The maximum absolute atomic E-state index is 10.8. The van der Waals surface area contributed by atoms with Crippen LogP contribution in [0, 0.1) is 11.8 Å². The molecule has 0 fully saturated rings. The van der Waals surface area contributed by atoms with Crippen LogP contribution in [0.5, 0.6) is 0 Å². The number of hydrogen-bond acceptors (Lipinski definition) is 3. The number of carbonyl (C=O) groups is 1. The number of ether oxygens (including phenoxy) is 1. The van der Waals surface area contributed by atoms with Gasteiger partial charge in [0.2, 0.25) is 0 Å². The number of carbonyl (C=O) groups excluding carboxylic acids is 1. The van der Waals surface area contributed by atoms with E-state index in [2.05, 4.69) is 16.6 Å². The molecule has 0 amide bonds. The Kier molecular flexibility index (Phi) is 4.41. The van der Waals surface area contributed by atoms with Crippen LogP contribution < -0.4 is 4.90 Å². The topological polar surface area (TPSA) is 29.5 Å². The van der Waals surface area contributed by atoms with Crippen molar-refractivity contribution in [1.82, 2.24) is 0 Å². The minimum Gasteiger partial charge on any atom is -0.468 e. The molecular formula is C13H15NO2. The zero-order chi connectivity index (χ0) is 12.0. The fourth-order valence-corrected chi connectivity index (χ4v) is 1.13. The monoisotopic (exact) mass is 217 g/mol. The molecule has 3 heteroatoms. The number of benzene rings is 1. The summed E-state index contributed by atoms with van der Waals surface area (Å²) in [7, 11) is 5.33. The zero-order valence-electron chi connectivity index (χ0n) is 9.78. The molecule has 0 aliphatic rings. The maximum atomic E-state index is 10.8. The third-order valence-corrected chi connectivity index (χ3v) is 2.08. The summed E-state index contributed by atoms with van der Waals surface area (Å²) in [6, 6.07) is 7.84. The van der Waals surface area contributed by atoms with Crippen LogP contribution >= 0.6 is 0 Å². The summed E-state index contributed by atoms with van der Waals surface area (Å²) in [5, 5.41) is 0. The van der Waals surface area contributed by atoms with Crippen molar-refractivity contribution in [3.8, 4) is 11.8 Å². The molecule has 0 heterocycles. The normalized spacial score (nSPS) is 8.94. The van der Waals surface area contributed by atoms with Crippen molar-refractivity contribution in [1.29, 1.82) is 0 Å². The van der Waals surface area contributed by atoms with Gasteiger partial charge >= 0.3 is 5.97 Å². The van der Waals surface area contributed by atoms with Crippen molar-refractivity contribution in [3.05, 3.63) is 29.8 Å². The van der Waals surface area contributed by atoms with Crippen molar-refractivity contribution in [2.75, 3.05) is 26.1 Å². The van der Waals surface area contributed by atoms with E-state index in [1.807, 2.05) is 43.3 Å². The Labute approximate surface area is 96.0 Å². The van der Waals surface area contributed by atoms with Crippen LogP contribution in [0.3, 0.4) is 0 Å². The Morgan fingerprint density at radius 1 is 1.31 bits per heavy atom. The highest BCUT2D eigenvalue weighted by molar-refractivity contribution is 5.72. The summed E-state index contributed by atoms with van der Waals surface area (Å²) >= 11 is 0. The van der Waals surface area contributed by atoms with Gasteiger partial charge in [-0.2, -0.15) is 0 Å². The molecule has 0 saturated heterocycles. The SMILES string of the molecule is COC(=O)CC#Cc1ccc(N(C)C)cc1. The van der Waals surface area contributed by atoms with E-state index in [0.717, 1.165) is 11.3 Å². The molecule has 1 aromatic carbocycles. The first-order chi connectivity index (χ1) is 7.63. The minimum absolute atomic E-state index is 0.131. The number of hydrogen-bond donors (Lipinski definition) is 0. The molecule has 0 N–H and O–H groups in total. The second kappa shape index (κ2) is 5.82. The van der Waals surface area contributed by atoms with E-state index in [-0.39, 0.29) is 12.4 Å². The molecular weight excluding hydrogens is 202 g/mol. The number of nitrogens with zero attached hydrogens (tertiary/aromatic N) is 1. The van der Waals surface area contributed by atoms with Crippen molar-refractivity contribution >= 4 is 11.7 Å². The molecule has 0 atom stereocenters. The molecule has 16 heavy (non-hydrogen) atoms. The molecule has 0 aromatic heterocycles. The molecule has 0 unspecified atom stereocenters. The molecule has 0 aliphatic carbocycles. The highest BCUT2D eigenvalue weighted by atomic mass is 16.5. The summed E-state index contributed by atoms with van der Waals surface area (Å²) in [5.41, 5.74) is 2.02. The van der Waals surface area contributed by atoms with Crippen LogP contribution in [-0.4, -0.2) is 27.2 Å². The van der Waals surface area contributed by atoms with Gasteiger partial charge in [0.25, 0.3) is 0 Å². The lowest BCUT2D eigenvalue weighted by molar-refractivity contribution is -0.139. The van der Waals surface area contributed by atoms with Gasteiger partial charge in [-0.25, -0.2) is 0 Å². The van der Waals surface area contributed by atoms with Gasteiger partial charge in [0, 0.05) is 25.3 Å². The van der Waals surface area contributed by atoms with Gasteiger partial charge in [-0.1, -0.05) is 11.8 Å². The summed E-state index contributed by atoms with van der Waals surface area (Å²) in [4.78, 5) is 12.8. The fourth-order valence-electron chi connectivity index (χ4n) is 1.13. The third-order valence-electron chi connectivity index (χ3n) is 2.08. The highest BCUT2D eigenvalue weighted by Crippen LogP contribution is 2.11. The van der Waals surface area contributed by atoms with Crippen molar-refractivity contribution in [3.63, 3.8) is 0 Å². The van der Waals surface area contributed by atoms with Gasteiger partial charge in [0.15, 0.2) is 0 Å². The smallest absolute Gasteiger partial charge is 0.317 e. The van der Waals surface area contributed by atoms with Crippen LogP contribution in [0.15, 0.2) is 24.3 Å². The number of methoxy groups -OCH3 is 1. The first-order valence-corrected chi connectivity index (χ1v) is 4.96. The predicted molar refractivity (Wildman–Crippen MR) is 64.3 cm³/mol. The van der Waals surface area contributed by atoms with E-state index in [1.165, 1.54) is 7.11 Å². The van der Waals surface area contributed by atoms with Gasteiger partial charge in [-0.3, -0.25) is 4.79 Å².